The molecule has 0 aliphatic carbocycles. The fourth-order valence-corrected chi connectivity index (χ4v) is 3.51. The highest BCUT2D eigenvalue weighted by molar-refractivity contribution is 6.09. The zero-order valence-electron chi connectivity index (χ0n) is 15.3. The van der Waals surface area contributed by atoms with Gasteiger partial charge in [0.1, 0.15) is 5.75 Å². The maximum absolute atomic E-state index is 13.2. The number of carbonyl (C=O) groups excluding carboxylic acids is 1. The van der Waals surface area contributed by atoms with Gasteiger partial charge >= 0.3 is 5.97 Å². The molecule has 140 valence electrons. The van der Waals surface area contributed by atoms with Crippen LogP contribution in [0, 0.1) is 6.92 Å². The quantitative estimate of drug-likeness (QED) is 0.885. The molecule has 1 aliphatic rings. The van der Waals surface area contributed by atoms with Gasteiger partial charge < -0.3 is 24.0 Å². The fraction of sp³-hybridized carbons (Fsp3) is 0.474. The van der Waals surface area contributed by atoms with Crippen molar-refractivity contribution < 1.29 is 24.2 Å². The summed E-state index contributed by atoms with van der Waals surface area (Å²) in [5.41, 5.74) is 2.48. The van der Waals surface area contributed by atoms with Crippen LogP contribution < -0.4 is 4.74 Å². The van der Waals surface area contributed by atoms with Crippen LogP contribution in [0.15, 0.2) is 18.2 Å². The molecule has 1 unspecified atom stereocenters. The van der Waals surface area contributed by atoms with Crippen LogP contribution in [0.25, 0.3) is 10.9 Å². The Morgan fingerprint density at radius 3 is 2.81 bits per heavy atom. The van der Waals surface area contributed by atoms with Crippen molar-refractivity contribution in [3.8, 4) is 5.75 Å². The number of nitrogens with zero attached hydrogens (tertiary/aromatic N) is 2. The molecule has 2 aromatic rings. The van der Waals surface area contributed by atoms with E-state index in [9.17, 15) is 14.7 Å². The molecule has 1 aromatic heterocycles. The third-order valence-corrected chi connectivity index (χ3v) is 4.82. The molecule has 0 saturated carbocycles. The van der Waals surface area contributed by atoms with Crippen LogP contribution in [0.3, 0.4) is 0 Å². The van der Waals surface area contributed by atoms with Crippen molar-refractivity contribution in [3.05, 3.63) is 29.5 Å². The molecule has 26 heavy (non-hydrogen) atoms. The Hall–Kier alpha value is -2.54. The first-order valence-corrected chi connectivity index (χ1v) is 8.78. The van der Waals surface area contributed by atoms with Crippen LogP contribution in [0.2, 0.25) is 0 Å². The van der Waals surface area contributed by atoms with Gasteiger partial charge in [0.15, 0.2) is 6.10 Å². The molecule has 7 heteroatoms. The smallest absolute Gasteiger partial charge is 0.334 e. The minimum absolute atomic E-state index is 0.0536. The zero-order chi connectivity index (χ0) is 18.8. The predicted octanol–water partition coefficient (Wildman–Crippen LogP) is 2.29. The third-order valence-electron chi connectivity index (χ3n) is 4.82. The normalized spacial score (nSPS) is 17.5. The number of hydrogen-bond donors (Lipinski definition) is 1. The second-order valence-electron chi connectivity index (χ2n) is 6.44. The number of methoxy groups -OCH3 is 1. The van der Waals surface area contributed by atoms with Gasteiger partial charge in [-0.05, 0) is 31.5 Å². The van der Waals surface area contributed by atoms with Gasteiger partial charge in [0.25, 0.3) is 5.91 Å². The van der Waals surface area contributed by atoms with Crippen LogP contribution in [0.4, 0.5) is 0 Å². The topological polar surface area (TPSA) is 81.0 Å². The molecule has 2 heterocycles. The number of aliphatic carboxylic acids is 1. The molecule has 1 fully saturated rings. The Bertz CT molecular complexity index is 842. The molecule has 1 atom stereocenters. The van der Waals surface area contributed by atoms with E-state index in [-0.39, 0.29) is 19.1 Å². The summed E-state index contributed by atoms with van der Waals surface area (Å²) >= 11 is 0. The Kier molecular flexibility index (Phi) is 5.18. The Labute approximate surface area is 152 Å². The summed E-state index contributed by atoms with van der Waals surface area (Å²) in [7, 11) is 1.60. The van der Waals surface area contributed by atoms with E-state index in [1.54, 1.807) is 12.0 Å². The zero-order valence-corrected chi connectivity index (χ0v) is 15.3. The lowest BCUT2D eigenvalue weighted by Gasteiger charge is -2.31. The third kappa shape index (κ3) is 3.14. The number of morpholine rings is 1. The highest BCUT2D eigenvalue weighted by atomic mass is 16.5. The van der Waals surface area contributed by atoms with E-state index in [2.05, 4.69) is 11.5 Å². The molecule has 0 spiro atoms. The maximum atomic E-state index is 13.2. The van der Waals surface area contributed by atoms with Crippen LogP contribution in [-0.2, 0) is 16.1 Å². The summed E-state index contributed by atoms with van der Waals surface area (Å²) in [5, 5.41) is 10.0. The summed E-state index contributed by atoms with van der Waals surface area (Å²) in [4.78, 5) is 26.0. The van der Waals surface area contributed by atoms with Crippen molar-refractivity contribution in [1.29, 1.82) is 0 Å². The number of rotatable bonds is 5. The van der Waals surface area contributed by atoms with Crippen molar-refractivity contribution in [3.63, 3.8) is 0 Å². The van der Waals surface area contributed by atoms with E-state index < -0.39 is 12.1 Å². The van der Waals surface area contributed by atoms with Crippen molar-refractivity contribution in [1.82, 2.24) is 9.47 Å². The number of amides is 1. The van der Waals surface area contributed by atoms with E-state index in [0.717, 1.165) is 29.6 Å². The molecule has 1 saturated heterocycles. The molecular weight excluding hydrogens is 336 g/mol. The van der Waals surface area contributed by atoms with Crippen molar-refractivity contribution in [2.24, 2.45) is 0 Å². The van der Waals surface area contributed by atoms with Gasteiger partial charge in [-0.15, -0.1) is 0 Å². The maximum Gasteiger partial charge on any atom is 0.334 e. The lowest BCUT2D eigenvalue weighted by atomic mass is 10.1. The molecule has 3 rings (SSSR count). The lowest BCUT2D eigenvalue weighted by Crippen LogP contribution is -2.48. The Morgan fingerprint density at radius 2 is 2.15 bits per heavy atom. The highest BCUT2D eigenvalue weighted by Gasteiger charge is 2.32. The van der Waals surface area contributed by atoms with Crippen LogP contribution in [-0.4, -0.2) is 59.4 Å². The molecule has 1 amide bonds. The number of ether oxygens (including phenoxy) is 2. The number of carbonyl (C=O) groups is 2. The van der Waals surface area contributed by atoms with E-state index in [4.69, 9.17) is 9.47 Å². The number of fused-ring (bicyclic) bond motifs is 1. The molecule has 1 aromatic carbocycles. The molecule has 0 radical (unpaired) electrons. The van der Waals surface area contributed by atoms with Gasteiger partial charge in [-0.3, -0.25) is 4.79 Å². The van der Waals surface area contributed by atoms with Crippen molar-refractivity contribution in [2.45, 2.75) is 32.9 Å². The van der Waals surface area contributed by atoms with E-state index >= 15 is 0 Å². The largest absolute Gasteiger partial charge is 0.497 e. The predicted molar refractivity (Wildman–Crippen MR) is 96.8 cm³/mol. The number of hydrogen-bond acceptors (Lipinski definition) is 4. The first kappa shape index (κ1) is 18.3. The monoisotopic (exact) mass is 360 g/mol. The Balaban J connectivity index is 2.06. The van der Waals surface area contributed by atoms with Gasteiger partial charge in [-0.2, -0.15) is 0 Å². The minimum atomic E-state index is -1.05. The number of aryl methyl sites for hydroxylation is 1. The van der Waals surface area contributed by atoms with Crippen LogP contribution >= 0.6 is 0 Å². The molecule has 1 aliphatic heterocycles. The molecule has 7 nitrogen and oxygen atoms in total. The second kappa shape index (κ2) is 7.37. The Morgan fingerprint density at radius 1 is 1.38 bits per heavy atom. The summed E-state index contributed by atoms with van der Waals surface area (Å²) in [5.74, 6) is -0.523. The van der Waals surface area contributed by atoms with Gasteiger partial charge in [-0.1, -0.05) is 6.92 Å². The second-order valence-corrected chi connectivity index (χ2v) is 6.44. The standard InChI is InChI=1S/C19H24N2O5/c1-4-7-21-12(2)17(14-10-13(25-3)5-6-15(14)21)18(22)20-8-9-26-16(11-20)19(23)24/h5-6,10,16H,4,7-9,11H2,1-3H3,(H,23,24). The fourth-order valence-electron chi connectivity index (χ4n) is 3.51. The first-order valence-electron chi connectivity index (χ1n) is 8.78. The SMILES string of the molecule is CCCn1c(C)c(C(=O)N2CCOC(C(=O)O)C2)c2cc(OC)ccc21. The lowest BCUT2D eigenvalue weighted by molar-refractivity contribution is -0.154. The summed E-state index contributed by atoms with van der Waals surface area (Å²) in [6.45, 7) is 5.49. The molecular formula is C19H24N2O5. The van der Waals surface area contributed by atoms with Gasteiger partial charge in [-0.25, -0.2) is 4.79 Å². The first-order chi connectivity index (χ1) is 12.5. The molecule has 1 N–H and O–H groups in total. The van der Waals surface area contributed by atoms with E-state index in [1.807, 2.05) is 25.1 Å². The van der Waals surface area contributed by atoms with Crippen LogP contribution in [0.5, 0.6) is 5.75 Å². The summed E-state index contributed by atoms with van der Waals surface area (Å²) in [6, 6.07) is 5.72. The minimum Gasteiger partial charge on any atom is -0.497 e. The van der Waals surface area contributed by atoms with Crippen molar-refractivity contribution in [2.75, 3.05) is 26.8 Å². The van der Waals surface area contributed by atoms with Crippen molar-refractivity contribution >= 4 is 22.8 Å². The van der Waals surface area contributed by atoms with E-state index in [1.165, 1.54) is 0 Å². The number of benzene rings is 1. The number of aromatic nitrogens is 1. The van der Waals surface area contributed by atoms with E-state index in [0.29, 0.717) is 17.9 Å². The summed E-state index contributed by atoms with van der Waals surface area (Å²) < 4.78 is 12.7. The van der Waals surface area contributed by atoms with Gasteiger partial charge in [0.05, 0.1) is 25.8 Å². The highest BCUT2D eigenvalue weighted by Crippen LogP contribution is 2.31. The average Bonchev–Trinajstić information content (AvgIpc) is 2.92. The van der Waals surface area contributed by atoms with Crippen LogP contribution in [0.1, 0.15) is 29.4 Å². The average molecular weight is 360 g/mol. The molecule has 0 bridgehead atoms. The number of carboxylic acid groups (broad SMARTS) is 1. The number of carboxylic acids is 1. The van der Waals surface area contributed by atoms with Gasteiger partial charge in [0.2, 0.25) is 0 Å². The summed E-state index contributed by atoms with van der Waals surface area (Å²) in [6.07, 6.45) is -0.0327. The van der Waals surface area contributed by atoms with Gasteiger partial charge in [0, 0.05) is 29.7 Å².